The van der Waals surface area contributed by atoms with Crippen molar-refractivity contribution in [3.05, 3.63) is 59.2 Å². The number of aromatic nitrogens is 2. The molecule has 0 atom stereocenters. The number of rotatable bonds is 4. The van der Waals surface area contributed by atoms with Crippen LogP contribution >= 0.6 is 11.6 Å². The maximum absolute atomic E-state index is 11.6. The molecule has 6 nitrogen and oxygen atoms in total. The maximum atomic E-state index is 11.6. The fourth-order valence-electron chi connectivity index (χ4n) is 2.50. The third-order valence-corrected chi connectivity index (χ3v) is 5.21. The standard InChI is InChI=1S/C18H14ClN3O3S/c1-25-18-8-5-14(10-16(18)19)22-17(9-13(11-20)21-22)12-3-6-15(7-4-12)26(2,23)24/h3-10H,1-2H3. The average molecular weight is 388 g/mol. The number of sulfone groups is 1. The summed E-state index contributed by atoms with van der Waals surface area (Å²) in [7, 11) is -1.76. The Morgan fingerprint density at radius 1 is 1.15 bits per heavy atom. The van der Waals surface area contributed by atoms with Gasteiger partial charge in [-0.3, -0.25) is 0 Å². The van der Waals surface area contributed by atoms with E-state index < -0.39 is 9.84 Å². The van der Waals surface area contributed by atoms with Crippen molar-refractivity contribution in [2.75, 3.05) is 13.4 Å². The van der Waals surface area contributed by atoms with Gasteiger partial charge in [-0.2, -0.15) is 10.4 Å². The lowest BCUT2D eigenvalue weighted by molar-refractivity contribution is 0.415. The molecule has 132 valence electrons. The lowest BCUT2D eigenvalue weighted by Gasteiger charge is -2.10. The van der Waals surface area contributed by atoms with Crippen molar-refractivity contribution in [1.82, 2.24) is 9.78 Å². The Labute approximate surface area is 156 Å². The molecule has 3 aromatic rings. The SMILES string of the molecule is COc1ccc(-n2nc(C#N)cc2-c2ccc(S(C)(=O)=O)cc2)cc1Cl. The first-order chi connectivity index (χ1) is 12.3. The number of nitrogens with zero attached hydrogens (tertiary/aromatic N) is 3. The fraction of sp³-hybridized carbons (Fsp3) is 0.111. The monoisotopic (exact) mass is 387 g/mol. The Morgan fingerprint density at radius 3 is 2.38 bits per heavy atom. The van der Waals surface area contributed by atoms with Gasteiger partial charge >= 0.3 is 0 Å². The average Bonchev–Trinajstić information content (AvgIpc) is 3.05. The van der Waals surface area contributed by atoms with Crippen molar-refractivity contribution in [2.24, 2.45) is 0 Å². The number of methoxy groups -OCH3 is 1. The smallest absolute Gasteiger partial charge is 0.175 e. The Hall–Kier alpha value is -2.82. The van der Waals surface area contributed by atoms with Gasteiger partial charge in [0.2, 0.25) is 0 Å². The number of halogens is 1. The van der Waals surface area contributed by atoms with Gasteiger partial charge in [-0.15, -0.1) is 0 Å². The zero-order chi connectivity index (χ0) is 18.9. The van der Waals surface area contributed by atoms with Crippen LogP contribution in [0, 0.1) is 11.3 Å². The van der Waals surface area contributed by atoms with Gasteiger partial charge in [0, 0.05) is 17.9 Å². The predicted octanol–water partition coefficient (Wildman–Crippen LogP) is 3.48. The molecule has 0 amide bonds. The molecule has 0 N–H and O–H groups in total. The number of hydrogen-bond acceptors (Lipinski definition) is 5. The maximum Gasteiger partial charge on any atom is 0.175 e. The van der Waals surface area contributed by atoms with Crippen LogP contribution < -0.4 is 4.74 Å². The van der Waals surface area contributed by atoms with Crippen molar-refractivity contribution in [2.45, 2.75) is 4.90 Å². The minimum atomic E-state index is -3.28. The van der Waals surface area contributed by atoms with E-state index in [0.717, 1.165) is 11.8 Å². The Kier molecular flexibility index (Phi) is 4.72. The van der Waals surface area contributed by atoms with E-state index in [1.807, 2.05) is 6.07 Å². The van der Waals surface area contributed by atoms with E-state index in [0.29, 0.717) is 22.2 Å². The van der Waals surface area contributed by atoms with Gasteiger partial charge in [0.1, 0.15) is 11.8 Å². The summed E-state index contributed by atoms with van der Waals surface area (Å²) in [5.74, 6) is 0.530. The van der Waals surface area contributed by atoms with Gasteiger partial charge in [-0.1, -0.05) is 23.7 Å². The van der Waals surface area contributed by atoms with Gasteiger partial charge in [0.25, 0.3) is 0 Å². The summed E-state index contributed by atoms with van der Waals surface area (Å²) in [6.07, 6.45) is 1.15. The zero-order valence-electron chi connectivity index (χ0n) is 14.0. The van der Waals surface area contributed by atoms with Crippen LogP contribution in [0.2, 0.25) is 5.02 Å². The molecular weight excluding hydrogens is 374 g/mol. The first-order valence-electron chi connectivity index (χ1n) is 7.48. The summed E-state index contributed by atoms with van der Waals surface area (Å²) in [6.45, 7) is 0. The van der Waals surface area contributed by atoms with E-state index in [1.54, 1.807) is 41.1 Å². The lowest BCUT2D eigenvalue weighted by atomic mass is 10.1. The first kappa shape index (κ1) is 18.0. The summed E-state index contributed by atoms with van der Waals surface area (Å²) in [5, 5.41) is 13.9. The Balaban J connectivity index is 2.13. The minimum absolute atomic E-state index is 0.223. The normalized spacial score (nSPS) is 11.2. The van der Waals surface area contributed by atoms with Gasteiger partial charge in [-0.25, -0.2) is 13.1 Å². The van der Waals surface area contributed by atoms with Crippen molar-refractivity contribution in [1.29, 1.82) is 5.26 Å². The fourth-order valence-corrected chi connectivity index (χ4v) is 3.38. The summed E-state index contributed by atoms with van der Waals surface area (Å²) < 4.78 is 30.0. The second-order valence-electron chi connectivity index (χ2n) is 5.55. The van der Waals surface area contributed by atoms with Crippen molar-refractivity contribution in [3.8, 4) is 28.8 Å². The topological polar surface area (TPSA) is 85.0 Å². The molecule has 3 rings (SSSR count). The van der Waals surface area contributed by atoms with Crippen LogP contribution in [0.5, 0.6) is 5.75 Å². The third-order valence-electron chi connectivity index (χ3n) is 3.78. The first-order valence-corrected chi connectivity index (χ1v) is 9.75. The number of hydrogen-bond donors (Lipinski definition) is 0. The third kappa shape index (κ3) is 3.43. The molecule has 0 spiro atoms. The highest BCUT2D eigenvalue weighted by Crippen LogP contribution is 2.30. The van der Waals surface area contributed by atoms with E-state index in [4.69, 9.17) is 16.3 Å². The predicted molar refractivity (Wildman–Crippen MR) is 98.4 cm³/mol. The molecule has 0 radical (unpaired) electrons. The summed E-state index contributed by atoms with van der Waals surface area (Å²) in [6, 6.07) is 15.2. The summed E-state index contributed by atoms with van der Waals surface area (Å²) in [4.78, 5) is 0.223. The van der Waals surface area contributed by atoms with Gasteiger partial charge in [0.05, 0.1) is 28.4 Å². The van der Waals surface area contributed by atoms with Gasteiger partial charge < -0.3 is 4.74 Å². The lowest BCUT2D eigenvalue weighted by Crippen LogP contribution is -2.01. The highest BCUT2D eigenvalue weighted by atomic mass is 35.5. The van der Waals surface area contributed by atoms with E-state index in [2.05, 4.69) is 5.10 Å². The second kappa shape index (κ2) is 6.83. The Morgan fingerprint density at radius 2 is 1.85 bits per heavy atom. The quantitative estimate of drug-likeness (QED) is 0.684. The van der Waals surface area contributed by atoms with Crippen LogP contribution in [-0.2, 0) is 9.84 Å². The molecule has 0 saturated heterocycles. The zero-order valence-corrected chi connectivity index (χ0v) is 15.5. The molecule has 0 saturated carbocycles. The molecule has 1 aromatic heterocycles. The molecule has 2 aromatic carbocycles. The molecule has 0 aliphatic carbocycles. The number of nitriles is 1. The van der Waals surface area contributed by atoms with E-state index in [-0.39, 0.29) is 10.6 Å². The second-order valence-corrected chi connectivity index (χ2v) is 7.98. The van der Waals surface area contributed by atoms with E-state index >= 15 is 0 Å². The van der Waals surface area contributed by atoms with Crippen LogP contribution in [0.1, 0.15) is 5.69 Å². The summed E-state index contributed by atoms with van der Waals surface area (Å²) in [5.41, 5.74) is 2.25. The van der Waals surface area contributed by atoms with Crippen molar-refractivity contribution < 1.29 is 13.2 Å². The van der Waals surface area contributed by atoms with Crippen LogP contribution in [0.4, 0.5) is 0 Å². The molecule has 0 aliphatic heterocycles. The molecule has 0 unspecified atom stereocenters. The molecule has 26 heavy (non-hydrogen) atoms. The number of benzene rings is 2. The highest BCUT2D eigenvalue weighted by Gasteiger charge is 2.14. The van der Waals surface area contributed by atoms with Gasteiger partial charge in [0.15, 0.2) is 15.5 Å². The van der Waals surface area contributed by atoms with Crippen LogP contribution in [0.15, 0.2) is 53.4 Å². The van der Waals surface area contributed by atoms with Crippen molar-refractivity contribution in [3.63, 3.8) is 0 Å². The molecular formula is C18H14ClN3O3S. The molecule has 0 fully saturated rings. The minimum Gasteiger partial charge on any atom is -0.495 e. The van der Waals surface area contributed by atoms with Crippen molar-refractivity contribution >= 4 is 21.4 Å². The molecule has 8 heteroatoms. The van der Waals surface area contributed by atoms with Crippen LogP contribution in [-0.4, -0.2) is 31.6 Å². The molecule has 0 bridgehead atoms. The van der Waals surface area contributed by atoms with Gasteiger partial charge in [-0.05, 0) is 30.3 Å². The largest absolute Gasteiger partial charge is 0.495 e. The molecule has 1 heterocycles. The highest BCUT2D eigenvalue weighted by molar-refractivity contribution is 7.90. The molecule has 0 aliphatic rings. The van der Waals surface area contributed by atoms with Crippen LogP contribution in [0.3, 0.4) is 0 Å². The number of ether oxygens (including phenoxy) is 1. The Bertz CT molecular complexity index is 1110. The van der Waals surface area contributed by atoms with E-state index in [1.165, 1.54) is 19.2 Å². The van der Waals surface area contributed by atoms with E-state index in [9.17, 15) is 13.7 Å². The van der Waals surface area contributed by atoms with Crippen LogP contribution in [0.25, 0.3) is 16.9 Å². The summed E-state index contributed by atoms with van der Waals surface area (Å²) >= 11 is 6.19.